The first-order valence-corrected chi connectivity index (χ1v) is 7.05. The van der Waals surface area contributed by atoms with Gasteiger partial charge in [-0.2, -0.15) is 0 Å². The fourth-order valence-electron chi connectivity index (χ4n) is 2.01. The van der Waals surface area contributed by atoms with Crippen LogP contribution in [0.15, 0.2) is 30.6 Å². The second-order valence-electron chi connectivity index (χ2n) is 4.61. The molecular formula is C16H21N3O2. The Morgan fingerprint density at radius 1 is 1.14 bits per heavy atom. The summed E-state index contributed by atoms with van der Waals surface area (Å²) in [6, 6.07) is 8.08. The number of benzene rings is 1. The van der Waals surface area contributed by atoms with E-state index in [-0.39, 0.29) is 0 Å². The molecule has 0 saturated heterocycles. The molecule has 0 unspecified atom stereocenters. The summed E-state index contributed by atoms with van der Waals surface area (Å²) in [5, 5.41) is 3.33. The molecule has 5 nitrogen and oxygen atoms in total. The maximum absolute atomic E-state index is 5.46. The van der Waals surface area contributed by atoms with E-state index in [0.717, 1.165) is 30.1 Å². The third-order valence-corrected chi connectivity index (χ3v) is 3.18. The summed E-state index contributed by atoms with van der Waals surface area (Å²) in [5.41, 5.74) is 2.19. The Bertz CT molecular complexity index is 570. The summed E-state index contributed by atoms with van der Waals surface area (Å²) < 4.78 is 10.6. The van der Waals surface area contributed by atoms with Gasteiger partial charge in [0.25, 0.3) is 0 Å². The smallest absolute Gasteiger partial charge is 0.221 e. The Morgan fingerprint density at radius 3 is 2.57 bits per heavy atom. The summed E-state index contributed by atoms with van der Waals surface area (Å²) in [7, 11) is 1.67. The van der Waals surface area contributed by atoms with Crippen molar-refractivity contribution >= 4 is 5.82 Å². The van der Waals surface area contributed by atoms with Crippen LogP contribution in [0.25, 0.3) is 0 Å². The molecule has 1 N–H and O–H groups in total. The number of methoxy groups -OCH3 is 1. The highest BCUT2D eigenvalue weighted by molar-refractivity contribution is 5.47. The normalized spacial score (nSPS) is 10.2. The van der Waals surface area contributed by atoms with Gasteiger partial charge in [-0.15, -0.1) is 0 Å². The van der Waals surface area contributed by atoms with Crippen molar-refractivity contribution < 1.29 is 9.47 Å². The van der Waals surface area contributed by atoms with Crippen LogP contribution in [-0.4, -0.2) is 30.2 Å². The Balaban J connectivity index is 1.92. The molecule has 1 heterocycles. The number of hydrogen-bond acceptors (Lipinski definition) is 5. The van der Waals surface area contributed by atoms with Crippen molar-refractivity contribution in [3.05, 3.63) is 41.7 Å². The lowest BCUT2D eigenvalue weighted by Gasteiger charge is -2.11. The fourth-order valence-corrected chi connectivity index (χ4v) is 2.01. The second-order valence-corrected chi connectivity index (χ2v) is 4.61. The van der Waals surface area contributed by atoms with Gasteiger partial charge in [0.2, 0.25) is 5.88 Å². The quantitative estimate of drug-likeness (QED) is 0.848. The molecule has 0 saturated carbocycles. The molecule has 2 aromatic rings. The number of ether oxygens (including phenoxy) is 2. The van der Waals surface area contributed by atoms with E-state index in [1.54, 1.807) is 7.11 Å². The van der Waals surface area contributed by atoms with Gasteiger partial charge in [0, 0.05) is 6.54 Å². The highest BCUT2D eigenvalue weighted by Crippen LogP contribution is 2.20. The lowest BCUT2D eigenvalue weighted by molar-refractivity contribution is 0.324. The lowest BCUT2D eigenvalue weighted by Crippen LogP contribution is -2.09. The van der Waals surface area contributed by atoms with Crippen molar-refractivity contribution in [2.24, 2.45) is 0 Å². The summed E-state index contributed by atoms with van der Waals surface area (Å²) in [5.74, 6) is 2.33. The lowest BCUT2D eigenvalue weighted by atomic mass is 10.1. The molecule has 1 aromatic carbocycles. The van der Waals surface area contributed by atoms with Crippen molar-refractivity contribution in [3.8, 4) is 11.6 Å². The molecule has 2 rings (SSSR count). The first-order valence-electron chi connectivity index (χ1n) is 7.05. The van der Waals surface area contributed by atoms with Crippen LogP contribution in [0, 0.1) is 6.92 Å². The third kappa shape index (κ3) is 4.08. The molecule has 0 aliphatic carbocycles. The van der Waals surface area contributed by atoms with Crippen LogP contribution in [0.4, 0.5) is 5.82 Å². The standard InChI is InChI=1S/C16H21N3O2/c1-4-21-16-12(2)15(18-11-19-16)17-10-9-13-5-7-14(20-3)8-6-13/h5-8,11H,4,9-10H2,1-3H3,(H,17,18,19). The van der Waals surface area contributed by atoms with E-state index in [2.05, 4.69) is 27.4 Å². The van der Waals surface area contributed by atoms with Gasteiger partial charge in [-0.3, -0.25) is 0 Å². The molecule has 21 heavy (non-hydrogen) atoms. The molecule has 0 radical (unpaired) electrons. The topological polar surface area (TPSA) is 56.3 Å². The second kappa shape index (κ2) is 7.47. The molecule has 0 bridgehead atoms. The third-order valence-electron chi connectivity index (χ3n) is 3.18. The largest absolute Gasteiger partial charge is 0.497 e. The first kappa shape index (κ1) is 15.1. The maximum atomic E-state index is 5.46. The van der Waals surface area contributed by atoms with Gasteiger partial charge >= 0.3 is 0 Å². The van der Waals surface area contributed by atoms with E-state index in [4.69, 9.17) is 9.47 Å². The summed E-state index contributed by atoms with van der Waals surface area (Å²) in [6.45, 7) is 5.30. The van der Waals surface area contributed by atoms with E-state index in [1.165, 1.54) is 11.9 Å². The predicted molar refractivity (Wildman–Crippen MR) is 83.1 cm³/mol. The van der Waals surface area contributed by atoms with Gasteiger partial charge in [0.15, 0.2) is 0 Å². The summed E-state index contributed by atoms with van der Waals surface area (Å²) in [6.07, 6.45) is 2.44. The van der Waals surface area contributed by atoms with Crippen LogP contribution >= 0.6 is 0 Å². The summed E-state index contributed by atoms with van der Waals surface area (Å²) in [4.78, 5) is 8.38. The van der Waals surface area contributed by atoms with Gasteiger partial charge in [-0.1, -0.05) is 12.1 Å². The molecule has 0 aliphatic rings. The van der Waals surface area contributed by atoms with Crippen molar-refractivity contribution in [3.63, 3.8) is 0 Å². The first-order chi connectivity index (χ1) is 10.2. The van der Waals surface area contributed by atoms with E-state index < -0.39 is 0 Å². The molecule has 0 amide bonds. The molecular weight excluding hydrogens is 266 g/mol. The maximum Gasteiger partial charge on any atom is 0.221 e. The number of rotatable bonds is 7. The Morgan fingerprint density at radius 2 is 1.90 bits per heavy atom. The van der Waals surface area contributed by atoms with Crippen LogP contribution in [0.2, 0.25) is 0 Å². The molecule has 112 valence electrons. The van der Waals surface area contributed by atoms with Gasteiger partial charge < -0.3 is 14.8 Å². The Kier molecular flexibility index (Phi) is 5.37. The van der Waals surface area contributed by atoms with Gasteiger partial charge in [-0.25, -0.2) is 9.97 Å². The molecule has 0 spiro atoms. The van der Waals surface area contributed by atoms with Gasteiger partial charge in [0.1, 0.15) is 17.9 Å². The van der Waals surface area contributed by atoms with Crippen LogP contribution in [-0.2, 0) is 6.42 Å². The van der Waals surface area contributed by atoms with Crippen LogP contribution < -0.4 is 14.8 Å². The zero-order valence-corrected chi connectivity index (χ0v) is 12.7. The molecule has 1 aromatic heterocycles. The van der Waals surface area contributed by atoms with Crippen molar-refractivity contribution in [1.82, 2.24) is 9.97 Å². The van der Waals surface area contributed by atoms with E-state index in [1.807, 2.05) is 26.0 Å². The number of nitrogens with zero attached hydrogens (tertiary/aromatic N) is 2. The summed E-state index contributed by atoms with van der Waals surface area (Å²) >= 11 is 0. The number of nitrogens with one attached hydrogen (secondary N) is 1. The Hall–Kier alpha value is -2.30. The molecule has 0 aliphatic heterocycles. The van der Waals surface area contributed by atoms with E-state index in [9.17, 15) is 0 Å². The number of aromatic nitrogens is 2. The minimum absolute atomic E-state index is 0.600. The highest BCUT2D eigenvalue weighted by atomic mass is 16.5. The van der Waals surface area contributed by atoms with Crippen LogP contribution in [0.3, 0.4) is 0 Å². The minimum Gasteiger partial charge on any atom is -0.497 e. The van der Waals surface area contributed by atoms with E-state index >= 15 is 0 Å². The number of anilines is 1. The van der Waals surface area contributed by atoms with Crippen LogP contribution in [0.5, 0.6) is 11.6 Å². The van der Waals surface area contributed by atoms with Crippen molar-refractivity contribution in [2.45, 2.75) is 20.3 Å². The zero-order valence-electron chi connectivity index (χ0n) is 12.7. The SMILES string of the molecule is CCOc1ncnc(NCCc2ccc(OC)cc2)c1C. The zero-order chi connectivity index (χ0) is 15.1. The van der Waals surface area contributed by atoms with Gasteiger partial charge in [0.05, 0.1) is 19.3 Å². The Labute approximate surface area is 125 Å². The van der Waals surface area contributed by atoms with Crippen LogP contribution in [0.1, 0.15) is 18.1 Å². The van der Waals surface area contributed by atoms with Crippen molar-refractivity contribution in [2.75, 3.05) is 25.6 Å². The predicted octanol–water partition coefficient (Wildman–Crippen LogP) is 2.85. The molecule has 5 heteroatoms. The van der Waals surface area contributed by atoms with Gasteiger partial charge in [-0.05, 0) is 38.0 Å². The molecule has 0 fully saturated rings. The average Bonchev–Trinajstić information content (AvgIpc) is 2.52. The van der Waals surface area contributed by atoms with E-state index in [0.29, 0.717) is 12.5 Å². The van der Waals surface area contributed by atoms with Crippen molar-refractivity contribution in [1.29, 1.82) is 0 Å². The highest BCUT2D eigenvalue weighted by Gasteiger charge is 2.07. The molecule has 0 atom stereocenters. The monoisotopic (exact) mass is 287 g/mol. The number of hydrogen-bond donors (Lipinski definition) is 1. The average molecular weight is 287 g/mol. The minimum atomic E-state index is 0.600. The fraction of sp³-hybridized carbons (Fsp3) is 0.375.